The number of rotatable bonds is 4. The highest BCUT2D eigenvalue weighted by atomic mass is 19.4. The van der Waals surface area contributed by atoms with E-state index in [1.165, 1.54) is 19.1 Å². The molecule has 0 radical (unpaired) electrons. The second-order valence-corrected chi connectivity index (χ2v) is 3.24. The molecule has 0 unspecified atom stereocenters. The maximum atomic E-state index is 12.6. The van der Waals surface area contributed by atoms with Gasteiger partial charge in [-0.1, -0.05) is 18.2 Å². The number of carbonyl (C=O) groups is 1. The summed E-state index contributed by atoms with van der Waals surface area (Å²) in [5.41, 5.74) is 0.211. The van der Waals surface area contributed by atoms with Crippen LogP contribution in [0.15, 0.2) is 30.3 Å². The van der Waals surface area contributed by atoms with E-state index < -0.39 is 18.2 Å². The Bertz CT molecular complexity index is 365. The largest absolute Gasteiger partial charge is 0.464 e. The van der Waals surface area contributed by atoms with Crippen molar-refractivity contribution < 1.29 is 22.7 Å². The van der Waals surface area contributed by atoms with Crippen LogP contribution in [0.2, 0.25) is 0 Å². The SMILES string of the molecule is CCOC(=O)[C@@H](Nc1ccccc1)C(F)(F)F. The van der Waals surface area contributed by atoms with Crippen molar-refractivity contribution in [2.24, 2.45) is 0 Å². The summed E-state index contributed by atoms with van der Waals surface area (Å²) in [4.78, 5) is 11.2. The summed E-state index contributed by atoms with van der Waals surface area (Å²) in [7, 11) is 0. The van der Waals surface area contributed by atoms with Gasteiger partial charge in [-0.25, -0.2) is 4.79 Å². The summed E-state index contributed by atoms with van der Waals surface area (Å²) >= 11 is 0. The monoisotopic (exact) mass is 247 g/mol. The molecule has 0 aliphatic carbocycles. The minimum absolute atomic E-state index is 0.0954. The maximum Gasteiger partial charge on any atom is 0.419 e. The number of ether oxygens (including phenoxy) is 1. The minimum atomic E-state index is -4.69. The fraction of sp³-hybridized carbons (Fsp3) is 0.364. The van der Waals surface area contributed by atoms with Crippen LogP contribution < -0.4 is 5.32 Å². The number of hydrogen-bond acceptors (Lipinski definition) is 3. The van der Waals surface area contributed by atoms with Crippen molar-refractivity contribution in [3.8, 4) is 0 Å². The molecule has 3 nitrogen and oxygen atoms in total. The molecule has 0 bridgehead atoms. The lowest BCUT2D eigenvalue weighted by Crippen LogP contribution is -2.44. The molecule has 1 aromatic carbocycles. The molecule has 0 spiro atoms. The lowest BCUT2D eigenvalue weighted by atomic mass is 10.2. The maximum absolute atomic E-state index is 12.6. The Kier molecular flexibility index (Phi) is 4.37. The van der Waals surface area contributed by atoms with Gasteiger partial charge in [0.2, 0.25) is 6.04 Å². The Morgan fingerprint density at radius 3 is 2.41 bits per heavy atom. The van der Waals surface area contributed by atoms with Crippen molar-refractivity contribution in [3.05, 3.63) is 30.3 Å². The van der Waals surface area contributed by atoms with E-state index >= 15 is 0 Å². The first-order valence-electron chi connectivity index (χ1n) is 5.00. The molecule has 94 valence electrons. The third-order valence-electron chi connectivity index (χ3n) is 1.93. The van der Waals surface area contributed by atoms with Crippen molar-refractivity contribution in [1.29, 1.82) is 0 Å². The van der Waals surface area contributed by atoms with Crippen molar-refractivity contribution in [2.75, 3.05) is 11.9 Å². The molecule has 0 aliphatic rings. The Balaban J connectivity index is 2.82. The van der Waals surface area contributed by atoms with Gasteiger partial charge in [-0.3, -0.25) is 0 Å². The molecule has 6 heteroatoms. The molecular formula is C11H12F3NO2. The Labute approximate surface area is 96.6 Å². The van der Waals surface area contributed by atoms with Gasteiger partial charge in [0, 0.05) is 5.69 Å². The predicted molar refractivity (Wildman–Crippen MR) is 56.5 cm³/mol. The summed E-state index contributed by atoms with van der Waals surface area (Å²) in [6, 6.07) is 5.35. The quantitative estimate of drug-likeness (QED) is 0.831. The average Bonchev–Trinajstić information content (AvgIpc) is 2.26. The van der Waals surface area contributed by atoms with Gasteiger partial charge in [-0.2, -0.15) is 13.2 Å². The van der Waals surface area contributed by atoms with E-state index in [1.54, 1.807) is 18.2 Å². The first-order chi connectivity index (χ1) is 7.95. The minimum Gasteiger partial charge on any atom is -0.464 e. The number of esters is 1. The number of anilines is 1. The standard InChI is InChI=1S/C11H12F3NO2/c1-2-17-10(16)9(11(12,13)14)15-8-6-4-3-5-7-8/h3-7,9,15H,2H2,1H3/t9-/m1/s1. The van der Waals surface area contributed by atoms with Crippen molar-refractivity contribution in [2.45, 2.75) is 19.1 Å². The number of nitrogens with one attached hydrogen (secondary N) is 1. The lowest BCUT2D eigenvalue weighted by molar-refractivity contribution is -0.175. The van der Waals surface area contributed by atoms with E-state index in [1.807, 2.05) is 0 Å². The third kappa shape index (κ3) is 3.97. The van der Waals surface area contributed by atoms with Gasteiger partial charge in [-0.05, 0) is 19.1 Å². The average molecular weight is 247 g/mol. The Morgan fingerprint density at radius 2 is 1.94 bits per heavy atom. The van der Waals surface area contributed by atoms with Gasteiger partial charge in [-0.15, -0.1) is 0 Å². The second kappa shape index (κ2) is 5.56. The molecule has 0 amide bonds. The fourth-order valence-electron chi connectivity index (χ4n) is 1.20. The first-order valence-corrected chi connectivity index (χ1v) is 5.00. The highest BCUT2D eigenvalue weighted by Crippen LogP contribution is 2.24. The van der Waals surface area contributed by atoms with Crippen LogP contribution in [0.25, 0.3) is 0 Å². The zero-order valence-corrected chi connectivity index (χ0v) is 9.12. The molecule has 1 aromatic rings. The number of halogens is 3. The molecular weight excluding hydrogens is 235 g/mol. The number of hydrogen-bond donors (Lipinski definition) is 1. The van der Waals surface area contributed by atoms with Crippen LogP contribution in [0.4, 0.5) is 18.9 Å². The zero-order chi connectivity index (χ0) is 12.9. The van der Waals surface area contributed by atoms with Crippen LogP contribution in [0.5, 0.6) is 0 Å². The number of para-hydroxylation sites is 1. The Morgan fingerprint density at radius 1 is 1.35 bits per heavy atom. The highest BCUT2D eigenvalue weighted by Gasteiger charge is 2.46. The molecule has 0 aromatic heterocycles. The van der Waals surface area contributed by atoms with Crippen molar-refractivity contribution in [1.82, 2.24) is 0 Å². The summed E-state index contributed by atoms with van der Waals surface area (Å²) in [5, 5.41) is 2.10. The molecule has 17 heavy (non-hydrogen) atoms. The molecule has 0 heterocycles. The first kappa shape index (κ1) is 13.3. The molecule has 1 N–H and O–H groups in total. The van der Waals surface area contributed by atoms with E-state index in [0.717, 1.165) is 0 Å². The fourth-order valence-corrected chi connectivity index (χ4v) is 1.20. The van der Waals surface area contributed by atoms with Crippen LogP contribution in [-0.4, -0.2) is 24.8 Å². The third-order valence-corrected chi connectivity index (χ3v) is 1.93. The van der Waals surface area contributed by atoms with E-state index in [9.17, 15) is 18.0 Å². The van der Waals surface area contributed by atoms with Gasteiger partial charge in [0.15, 0.2) is 0 Å². The van der Waals surface area contributed by atoms with Crippen molar-refractivity contribution in [3.63, 3.8) is 0 Å². The van der Waals surface area contributed by atoms with E-state index in [0.29, 0.717) is 0 Å². The predicted octanol–water partition coefficient (Wildman–Crippen LogP) is 2.59. The zero-order valence-electron chi connectivity index (χ0n) is 9.12. The molecule has 0 fully saturated rings. The van der Waals surface area contributed by atoms with Crippen LogP contribution in [-0.2, 0) is 9.53 Å². The van der Waals surface area contributed by atoms with Gasteiger partial charge in [0.1, 0.15) is 0 Å². The van der Waals surface area contributed by atoms with Gasteiger partial charge in [0.25, 0.3) is 0 Å². The highest BCUT2D eigenvalue weighted by molar-refractivity contribution is 5.80. The van der Waals surface area contributed by atoms with Crippen LogP contribution in [0.1, 0.15) is 6.92 Å². The Hall–Kier alpha value is -1.72. The van der Waals surface area contributed by atoms with Crippen LogP contribution in [0, 0.1) is 0 Å². The normalized spacial score (nSPS) is 12.9. The van der Waals surface area contributed by atoms with Gasteiger partial charge in [0.05, 0.1) is 6.61 Å². The molecule has 0 saturated heterocycles. The summed E-state index contributed by atoms with van der Waals surface area (Å²) < 4.78 is 42.2. The topological polar surface area (TPSA) is 38.3 Å². The van der Waals surface area contributed by atoms with Gasteiger partial charge < -0.3 is 10.1 Å². The summed E-state index contributed by atoms with van der Waals surface area (Å²) in [6.45, 7) is 1.36. The van der Waals surface area contributed by atoms with E-state index in [4.69, 9.17) is 0 Å². The summed E-state index contributed by atoms with van der Waals surface area (Å²) in [6.07, 6.45) is -4.69. The van der Waals surface area contributed by atoms with E-state index in [-0.39, 0.29) is 12.3 Å². The molecule has 1 rings (SSSR count). The van der Waals surface area contributed by atoms with Gasteiger partial charge >= 0.3 is 12.1 Å². The smallest absolute Gasteiger partial charge is 0.419 e. The lowest BCUT2D eigenvalue weighted by Gasteiger charge is -2.20. The summed E-state index contributed by atoms with van der Waals surface area (Å²) in [5.74, 6) is -1.33. The second-order valence-electron chi connectivity index (χ2n) is 3.24. The molecule has 1 atom stereocenters. The number of alkyl halides is 3. The molecule has 0 saturated carbocycles. The number of benzene rings is 1. The number of carbonyl (C=O) groups excluding carboxylic acids is 1. The van der Waals surface area contributed by atoms with Crippen LogP contribution in [0.3, 0.4) is 0 Å². The van der Waals surface area contributed by atoms with Crippen molar-refractivity contribution >= 4 is 11.7 Å². The van der Waals surface area contributed by atoms with Crippen LogP contribution >= 0.6 is 0 Å². The molecule has 0 aliphatic heterocycles. The van der Waals surface area contributed by atoms with E-state index in [2.05, 4.69) is 10.1 Å².